The number of amidine groups is 1. The third-order valence-corrected chi connectivity index (χ3v) is 6.28. The van der Waals surface area contributed by atoms with Gasteiger partial charge >= 0.3 is 0 Å². The minimum Gasteiger partial charge on any atom is -0.334 e. The molecule has 0 bridgehead atoms. The predicted octanol–water partition coefficient (Wildman–Crippen LogP) is 2.44. The van der Waals surface area contributed by atoms with Crippen LogP contribution in [0, 0.1) is 5.82 Å². The fourth-order valence-corrected chi connectivity index (χ4v) is 4.52. The van der Waals surface area contributed by atoms with E-state index in [1.165, 1.54) is 18.2 Å². The highest BCUT2D eigenvalue weighted by molar-refractivity contribution is 7.90. The second-order valence-corrected chi connectivity index (χ2v) is 8.73. The number of aliphatic imine (C=N–C) groups is 1. The van der Waals surface area contributed by atoms with Crippen LogP contribution in [0.5, 0.6) is 0 Å². The van der Waals surface area contributed by atoms with E-state index in [9.17, 15) is 17.6 Å². The number of fused-ring (bicyclic) bond motifs is 1. The molecule has 2 aromatic rings. The maximum absolute atomic E-state index is 13.1. The zero-order valence-electron chi connectivity index (χ0n) is 15.3. The first kappa shape index (κ1) is 18.6. The molecule has 1 heterocycles. The highest BCUT2D eigenvalue weighted by Gasteiger charge is 2.36. The molecular formula is C20H20FN3O3S. The summed E-state index contributed by atoms with van der Waals surface area (Å²) in [5.74, 6) is -0.308. The topological polar surface area (TPSA) is 78.8 Å². The second kappa shape index (κ2) is 7.01. The summed E-state index contributed by atoms with van der Waals surface area (Å²) in [6.07, 6.45) is 1.84. The van der Waals surface area contributed by atoms with Gasteiger partial charge < -0.3 is 4.90 Å². The van der Waals surface area contributed by atoms with E-state index >= 15 is 0 Å². The number of nitrogens with zero attached hydrogens (tertiary/aromatic N) is 2. The van der Waals surface area contributed by atoms with Crippen molar-refractivity contribution in [2.45, 2.75) is 43.3 Å². The van der Waals surface area contributed by atoms with Crippen LogP contribution in [0.15, 0.2) is 58.4 Å². The molecule has 0 saturated heterocycles. The van der Waals surface area contributed by atoms with E-state index in [0.717, 1.165) is 18.4 Å². The van der Waals surface area contributed by atoms with Crippen molar-refractivity contribution in [1.82, 2.24) is 9.62 Å². The van der Waals surface area contributed by atoms with Gasteiger partial charge in [-0.3, -0.25) is 14.5 Å². The Kier molecular flexibility index (Phi) is 4.66. The van der Waals surface area contributed by atoms with Crippen molar-refractivity contribution in [2.24, 2.45) is 4.99 Å². The van der Waals surface area contributed by atoms with E-state index in [-0.39, 0.29) is 28.5 Å². The Hall–Kier alpha value is -2.74. The number of rotatable bonds is 5. The van der Waals surface area contributed by atoms with Crippen LogP contribution in [0.3, 0.4) is 0 Å². The molecule has 0 spiro atoms. The molecule has 0 unspecified atom stereocenters. The van der Waals surface area contributed by atoms with Crippen LogP contribution < -0.4 is 4.72 Å². The zero-order valence-corrected chi connectivity index (χ0v) is 16.1. The van der Waals surface area contributed by atoms with Gasteiger partial charge in [0, 0.05) is 18.2 Å². The Morgan fingerprint density at radius 1 is 1.21 bits per heavy atom. The molecule has 1 N–H and O–H groups in total. The number of carbonyl (C=O) groups is 1. The first-order chi connectivity index (χ1) is 13.3. The van der Waals surface area contributed by atoms with Crippen LogP contribution in [0.4, 0.5) is 4.39 Å². The van der Waals surface area contributed by atoms with Gasteiger partial charge in [0.1, 0.15) is 17.7 Å². The van der Waals surface area contributed by atoms with Crippen LogP contribution in [0.2, 0.25) is 0 Å². The normalized spacial score (nSPS) is 19.7. The Labute approximate surface area is 163 Å². The molecule has 1 saturated carbocycles. The van der Waals surface area contributed by atoms with Gasteiger partial charge in [-0.25, -0.2) is 12.8 Å². The number of amides is 1. The third kappa shape index (κ3) is 3.64. The van der Waals surface area contributed by atoms with Crippen molar-refractivity contribution in [2.75, 3.05) is 0 Å². The first-order valence-corrected chi connectivity index (χ1v) is 10.6. The summed E-state index contributed by atoms with van der Waals surface area (Å²) in [5.41, 5.74) is 1.31. The standard InChI is InChI=1S/C20H20FN3O3S/c1-13(22-19-17-4-2-3-5-18(17)28(26,27)23-19)20(25)24(16-10-11-16)12-14-6-8-15(21)9-7-14/h2-9,13,16H,10-12H2,1H3,(H,22,23)/t13-/m0/s1. The van der Waals surface area contributed by atoms with Gasteiger partial charge in [-0.15, -0.1) is 0 Å². The van der Waals surface area contributed by atoms with Crippen LogP contribution in [-0.4, -0.2) is 37.1 Å². The summed E-state index contributed by atoms with van der Waals surface area (Å²) in [6.45, 7) is 2.03. The van der Waals surface area contributed by atoms with Crippen molar-refractivity contribution in [3.63, 3.8) is 0 Å². The molecule has 2 aromatic carbocycles. The average molecular weight is 401 g/mol. The Morgan fingerprint density at radius 2 is 1.89 bits per heavy atom. The molecule has 1 aliphatic carbocycles. The molecule has 2 aliphatic rings. The smallest absolute Gasteiger partial charge is 0.263 e. The summed E-state index contributed by atoms with van der Waals surface area (Å²) in [6, 6.07) is 12.0. The number of nitrogens with one attached hydrogen (secondary N) is 1. The maximum atomic E-state index is 13.1. The maximum Gasteiger partial charge on any atom is 0.263 e. The lowest BCUT2D eigenvalue weighted by Crippen LogP contribution is -2.39. The summed E-state index contributed by atoms with van der Waals surface area (Å²) in [7, 11) is -3.64. The van der Waals surface area contributed by atoms with Crippen LogP contribution in [0.25, 0.3) is 0 Å². The van der Waals surface area contributed by atoms with E-state index < -0.39 is 16.1 Å². The van der Waals surface area contributed by atoms with Gasteiger partial charge in [0.2, 0.25) is 5.91 Å². The zero-order chi connectivity index (χ0) is 19.9. The number of benzene rings is 2. The predicted molar refractivity (Wildman–Crippen MR) is 103 cm³/mol. The number of sulfonamides is 1. The Morgan fingerprint density at radius 3 is 2.57 bits per heavy atom. The Balaban J connectivity index is 1.57. The molecule has 0 radical (unpaired) electrons. The second-order valence-electron chi connectivity index (χ2n) is 7.08. The van der Waals surface area contributed by atoms with Crippen molar-refractivity contribution in [3.8, 4) is 0 Å². The van der Waals surface area contributed by atoms with Crippen LogP contribution in [-0.2, 0) is 21.4 Å². The summed E-state index contributed by atoms with van der Waals surface area (Å²) in [5, 5.41) is 0. The number of carbonyl (C=O) groups excluding carboxylic acids is 1. The molecule has 6 nitrogen and oxygen atoms in total. The number of hydrogen-bond donors (Lipinski definition) is 1. The lowest BCUT2D eigenvalue weighted by molar-refractivity contribution is -0.133. The fraction of sp³-hybridized carbons (Fsp3) is 0.300. The first-order valence-electron chi connectivity index (χ1n) is 9.10. The molecule has 1 aliphatic heterocycles. The van der Waals surface area contributed by atoms with E-state index in [4.69, 9.17) is 0 Å². The minimum absolute atomic E-state index is 0.146. The van der Waals surface area contributed by atoms with E-state index in [0.29, 0.717) is 12.1 Å². The molecule has 0 aromatic heterocycles. The monoisotopic (exact) mass is 401 g/mol. The van der Waals surface area contributed by atoms with Crippen molar-refractivity contribution in [3.05, 3.63) is 65.5 Å². The molecular weight excluding hydrogens is 381 g/mol. The molecule has 1 fully saturated rings. The molecule has 146 valence electrons. The lowest BCUT2D eigenvalue weighted by Gasteiger charge is -2.24. The largest absolute Gasteiger partial charge is 0.334 e. The van der Waals surface area contributed by atoms with Gasteiger partial charge in [0.05, 0.1) is 4.90 Å². The van der Waals surface area contributed by atoms with Crippen LogP contribution in [0.1, 0.15) is 30.9 Å². The molecule has 1 atom stereocenters. The average Bonchev–Trinajstić information content (AvgIpc) is 3.47. The summed E-state index contributed by atoms with van der Waals surface area (Å²) in [4.78, 5) is 19.3. The van der Waals surface area contributed by atoms with Crippen molar-refractivity contribution >= 4 is 21.8 Å². The summed E-state index contributed by atoms with van der Waals surface area (Å²) >= 11 is 0. The van der Waals surface area contributed by atoms with E-state index in [1.54, 1.807) is 42.2 Å². The van der Waals surface area contributed by atoms with E-state index in [1.807, 2.05) is 0 Å². The minimum atomic E-state index is -3.64. The van der Waals surface area contributed by atoms with Gasteiger partial charge in [0.25, 0.3) is 10.0 Å². The van der Waals surface area contributed by atoms with Crippen LogP contribution >= 0.6 is 0 Å². The van der Waals surface area contributed by atoms with Gasteiger partial charge in [-0.2, -0.15) is 0 Å². The highest BCUT2D eigenvalue weighted by Crippen LogP contribution is 2.30. The highest BCUT2D eigenvalue weighted by atomic mass is 32.2. The summed E-state index contributed by atoms with van der Waals surface area (Å²) < 4.78 is 40.0. The lowest BCUT2D eigenvalue weighted by atomic mass is 10.1. The molecule has 8 heteroatoms. The number of hydrogen-bond acceptors (Lipinski definition) is 4. The van der Waals surface area contributed by atoms with Gasteiger partial charge in [-0.1, -0.05) is 24.3 Å². The SMILES string of the molecule is C[C@H](N=C1NS(=O)(=O)c2ccccc21)C(=O)N(Cc1ccc(F)cc1)C1CC1. The quantitative estimate of drug-likeness (QED) is 0.836. The number of halogens is 1. The van der Waals surface area contributed by atoms with Crippen molar-refractivity contribution in [1.29, 1.82) is 0 Å². The molecule has 28 heavy (non-hydrogen) atoms. The van der Waals surface area contributed by atoms with Gasteiger partial charge in [0.15, 0.2) is 0 Å². The van der Waals surface area contributed by atoms with Crippen molar-refractivity contribution < 1.29 is 17.6 Å². The molecule has 1 amide bonds. The van der Waals surface area contributed by atoms with Gasteiger partial charge in [-0.05, 0) is 49.6 Å². The Bertz CT molecular complexity index is 1050. The van der Waals surface area contributed by atoms with E-state index in [2.05, 4.69) is 9.71 Å². The molecule has 4 rings (SSSR count). The third-order valence-electron chi connectivity index (χ3n) is 4.88. The fourth-order valence-electron chi connectivity index (χ4n) is 3.28.